The molecule has 0 aliphatic carbocycles. The van der Waals surface area contributed by atoms with Crippen LogP contribution in [0, 0.1) is 0 Å². The van der Waals surface area contributed by atoms with Crippen LogP contribution in [0.1, 0.15) is 12.1 Å². The summed E-state index contributed by atoms with van der Waals surface area (Å²) >= 11 is 3.36. The lowest BCUT2D eigenvalue weighted by atomic mass is 10.2. The van der Waals surface area contributed by atoms with E-state index >= 15 is 0 Å². The maximum absolute atomic E-state index is 10.5. The van der Waals surface area contributed by atoms with Crippen LogP contribution in [0.4, 0.5) is 0 Å². The Morgan fingerprint density at radius 1 is 1.35 bits per heavy atom. The SMILES string of the molecule is O=C(O)CCc1cn(CCOc2ccc(Br)cc2)nn1. The first kappa shape index (κ1) is 14.5. The van der Waals surface area contributed by atoms with Gasteiger partial charge in [0.25, 0.3) is 0 Å². The van der Waals surface area contributed by atoms with Crippen molar-refractivity contribution in [3.8, 4) is 5.75 Å². The fraction of sp³-hybridized carbons (Fsp3) is 0.308. The highest BCUT2D eigenvalue weighted by atomic mass is 79.9. The lowest BCUT2D eigenvalue weighted by Crippen LogP contribution is -2.08. The van der Waals surface area contributed by atoms with Crippen molar-refractivity contribution >= 4 is 21.9 Å². The molecule has 7 heteroatoms. The number of hydrogen-bond donors (Lipinski definition) is 1. The molecule has 1 heterocycles. The minimum atomic E-state index is -0.835. The predicted molar refractivity (Wildman–Crippen MR) is 75.6 cm³/mol. The van der Waals surface area contributed by atoms with Crippen LogP contribution < -0.4 is 4.74 Å². The molecule has 0 atom stereocenters. The molecule has 2 rings (SSSR count). The number of rotatable bonds is 7. The van der Waals surface area contributed by atoms with Gasteiger partial charge in [0.1, 0.15) is 12.4 Å². The zero-order valence-electron chi connectivity index (χ0n) is 10.7. The van der Waals surface area contributed by atoms with Crippen molar-refractivity contribution in [1.82, 2.24) is 15.0 Å². The number of aliphatic carboxylic acids is 1. The van der Waals surface area contributed by atoms with Crippen molar-refractivity contribution in [2.45, 2.75) is 19.4 Å². The molecule has 0 unspecified atom stereocenters. The summed E-state index contributed by atoms with van der Waals surface area (Å²) in [6.45, 7) is 1.04. The molecular weight excluding hydrogens is 326 g/mol. The van der Waals surface area contributed by atoms with Crippen LogP contribution in [-0.4, -0.2) is 32.7 Å². The molecule has 0 saturated heterocycles. The van der Waals surface area contributed by atoms with Gasteiger partial charge in [-0.3, -0.25) is 4.79 Å². The van der Waals surface area contributed by atoms with Gasteiger partial charge in [-0.1, -0.05) is 21.1 Å². The third kappa shape index (κ3) is 4.65. The maximum Gasteiger partial charge on any atom is 0.303 e. The van der Waals surface area contributed by atoms with Crippen LogP contribution >= 0.6 is 15.9 Å². The number of hydrogen-bond acceptors (Lipinski definition) is 4. The first-order chi connectivity index (χ1) is 9.63. The summed E-state index contributed by atoms with van der Waals surface area (Å²) in [5.41, 5.74) is 0.677. The number of aryl methyl sites for hydroxylation is 1. The number of halogens is 1. The van der Waals surface area contributed by atoms with E-state index < -0.39 is 5.97 Å². The molecule has 2 aromatic rings. The van der Waals surface area contributed by atoms with E-state index in [4.69, 9.17) is 9.84 Å². The van der Waals surface area contributed by atoms with Crippen LogP contribution in [0.2, 0.25) is 0 Å². The highest BCUT2D eigenvalue weighted by Gasteiger charge is 2.04. The molecular formula is C13H14BrN3O3. The van der Waals surface area contributed by atoms with Crippen molar-refractivity contribution in [2.24, 2.45) is 0 Å². The first-order valence-electron chi connectivity index (χ1n) is 6.12. The molecule has 1 N–H and O–H groups in total. The second-order valence-corrected chi connectivity index (χ2v) is 5.08. The van der Waals surface area contributed by atoms with E-state index in [1.165, 1.54) is 0 Å². The number of aromatic nitrogens is 3. The Balaban J connectivity index is 1.76. The largest absolute Gasteiger partial charge is 0.492 e. The monoisotopic (exact) mass is 339 g/mol. The Bertz CT molecular complexity index is 568. The van der Waals surface area contributed by atoms with Gasteiger partial charge in [-0.05, 0) is 24.3 Å². The molecule has 1 aromatic heterocycles. The molecule has 0 fully saturated rings. The highest BCUT2D eigenvalue weighted by molar-refractivity contribution is 9.10. The third-order valence-electron chi connectivity index (χ3n) is 2.58. The van der Waals surface area contributed by atoms with E-state index in [-0.39, 0.29) is 6.42 Å². The quantitative estimate of drug-likeness (QED) is 0.836. The van der Waals surface area contributed by atoms with E-state index in [0.717, 1.165) is 10.2 Å². The average Bonchev–Trinajstić information content (AvgIpc) is 2.87. The molecule has 0 radical (unpaired) electrons. The molecule has 0 amide bonds. The zero-order valence-corrected chi connectivity index (χ0v) is 12.3. The van der Waals surface area contributed by atoms with E-state index in [9.17, 15) is 4.79 Å². The summed E-state index contributed by atoms with van der Waals surface area (Å²) in [5.74, 6) is -0.0439. The van der Waals surface area contributed by atoms with Gasteiger partial charge in [0, 0.05) is 17.1 Å². The van der Waals surface area contributed by atoms with Crippen LogP contribution in [0.3, 0.4) is 0 Å². The minimum Gasteiger partial charge on any atom is -0.492 e. The molecule has 0 aliphatic rings. The highest BCUT2D eigenvalue weighted by Crippen LogP contribution is 2.15. The molecule has 106 valence electrons. The fourth-order valence-electron chi connectivity index (χ4n) is 1.59. The Kier molecular flexibility index (Phi) is 5.11. The minimum absolute atomic E-state index is 0.0636. The van der Waals surface area contributed by atoms with Crippen molar-refractivity contribution in [3.05, 3.63) is 40.6 Å². The number of carbonyl (C=O) groups is 1. The molecule has 0 bridgehead atoms. The molecule has 0 aliphatic heterocycles. The number of carboxylic acids is 1. The summed E-state index contributed by atoms with van der Waals surface area (Å²) in [4.78, 5) is 10.5. The topological polar surface area (TPSA) is 77.2 Å². The van der Waals surface area contributed by atoms with Crippen LogP contribution in [0.5, 0.6) is 5.75 Å². The Labute approximate surface area is 124 Å². The van der Waals surface area contributed by atoms with Crippen LogP contribution in [0.15, 0.2) is 34.9 Å². The summed E-state index contributed by atoms with van der Waals surface area (Å²) in [6.07, 6.45) is 2.20. The summed E-state index contributed by atoms with van der Waals surface area (Å²) in [5, 5.41) is 16.4. The Hall–Kier alpha value is -1.89. The molecule has 0 spiro atoms. The van der Waals surface area contributed by atoms with Gasteiger partial charge in [0.2, 0.25) is 0 Å². The third-order valence-corrected chi connectivity index (χ3v) is 3.11. The van der Waals surface area contributed by atoms with Gasteiger partial charge in [-0.2, -0.15) is 0 Å². The van der Waals surface area contributed by atoms with Gasteiger partial charge in [-0.25, -0.2) is 4.68 Å². The summed E-state index contributed by atoms with van der Waals surface area (Å²) in [7, 11) is 0. The van der Waals surface area contributed by atoms with Gasteiger partial charge in [0.15, 0.2) is 0 Å². The van der Waals surface area contributed by atoms with Crippen LogP contribution in [0.25, 0.3) is 0 Å². The second-order valence-electron chi connectivity index (χ2n) is 4.17. The normalized spacial score (nSPS) is 10.4. The standard InChI is InChI=1S/C13H14BrN3O3/c14-10-1-4-12(5-2-10)20-8-7-17-9-11(15-16-17)3-6-13(18)19/h1-2,4-5,9H,3,6-8H2,(H,18,19). The lowest BCUT2D eigenvalue weighted by molar-refractivity contribution is -0.136. The number of nitrogens with zero attached hydrogens (tertiary/aromatic N) is 3. The Morgan fingerprint density at radius 2 is 2.10 bits per heavy atom. The molecule has 20 heavy (non-hydrogen) atoms. The van der Waals surface area contributed by atoms with E-state index in [0.29, 0.717) is 25.3 Å². The summed E-state index contributed by atoms with van der Waals surface area (Å²) in [6, 6.07) is 7.58. The number of benzene rings is 1. The average molecular weight is 340 g/mol. The molecule has 1 aromatic carbocycles. The van der Waals surface area contributed by atoms with Crippen molar-refractivity contribution in [3.63, 3.8) is 0 Å². The number of carboxylic acid groups (broad SMARTS) is 1. The Morgan fingerprint density at radius 3 is 2.80 bits per heavy atom. The van der Waals surface area contributed by atoms with E-state index in [1.807, 2.05) is 24.3 Å². The van der Waals surface area contributed by atoms with E-state index in [2.05, 4.69) is 26.2 Å². The van der Waals surface area contributed by atoms with Gasteiger partial charge in [-0.15, -0.1) is 5.10 Å². The lowest BCUT2D eigenvalue weighted by Gasteiger charge is -2.05. The van der Waals surface area contributed by atoms with Crippen molar-refractivity contribution < 1.29 is 14.6 Å². The maximum atomic E-state index is 10.5. The van der Waals surface area contributed by atoms with Gasteiger partial charge >= 0.3 is 5.97 Å². The van der Waals surface area contributed by atoms with Crippen LogP contribution in [-0.2, 0) is 17.8 Å². The fourth-order valence-corrected chi connectivity index (χ4v) is 1.85. The van der Waals surface area contributed by atoms with Gasteiger partial charge in [0.05, 0.1) is 18.7 Å². The number of ether oxygens (including phenoxy) is 1. The zero-order chi connectivity index (χ0) is 14.4. The predicted octanol–water partition coefficient (Wildman–Crippen LogP) is 2.14. The first-order valence-corrected chi connectivity index (χ1v) is 6.92. The van der Waals surface area contributed by atoms with E-state index in [1.54, 1.807) is 10.9 Å². The van der Waals surface area contributed by atoms with Crippen molar-refractivity contribution in [2.75, 3.05) is 6.61 Å². The second kappa shape index (κ2) is 7.04. The smallest absolute Gasteiger partial charge is 0.303 e. The molecule has 0 saturated carbocycles. The summed E-state index contributed by atoms with van der Waals surface area (Å²) < 4.78 is 8.22. The van der Waals surface area contributed by atoms with Gasteiger partial charge < -0.3 is 9.84 Å². The van der Waals surface area contributed by atoms with Crippen molar-refractivity contribution in [1.29, 1.82) is 0 Å². The molecule has 6 nitrogen and oxygen atoms in total.